The average molecular weight is 317 g/mol. The number of rotatable bonds is 4. The summed E-state index contributed by atoms with van der Waals surface area (Å²) in [5, 5.41) is 18.8. The van der Waals surface area contributed by atoms with E-state index in [4.69, 9.17) is 11.6 Å². The number of benzene rings is 1. The second kappa shape index (κ2) is 6.14. The number of aromatic nitrogens is 6. The maximum absolute atomic E-state index is 12.0. The van der Waals surface area contributed by atoms with Crippen molar-refractivity contribution in [2.75, 3.05) is 10.6 Å². The minimum atomic E-state index is -0.497. The molecule has 0 unspecified atom stereocenters. The van der Waals surface area contributed by atoms with Gasteiger partial charge < -0.3 is 5.32 Å². The molecule has 0 fully saturated rings. The third-order valence-electron chi connectivity index (χ3n) is 2.53. The van der Waals surface area contributed by atoms with Gasteiger partial charge in [0.25, 0.3) is 11.9 Å². The first-order valence-corrected chi connectivity index (χ1v) is 6.48. The van der Waals surface area contributed by atoms with Crippen molar-refractivity contribution < 1.29 is 4.79 Å². The molecule has 9 nitrogen and oxygen atoms in total. The molecule has 0 aliphatic rings. The van der Waals surface area contributed by atoms with Crippen LogP contribution in [0.15, 0.2) is 36.7 Å². The van der Waals surface area contributed by atoms with Crippen LogP contribution in [-0.4, -0.2) is 36.5 Å². The number of carbonyl (C=O) groups excluding carboxylic acids is 1. The van der Waals surface area contributed by atoms with Crippen LogP contribution in [0.25, 0.3) is 0 Å². The zero-order valence-corrected chi connectivity index (χ0v) is 11.7. The number of carbonyl (C=O) groups is 1. The summed E-state index contributed by atoms with van der Waals surface area (Å²) >= 11 is 5.91. The molecule has 0 aliphatic carbocycles. The van der Waals surface area contributed by atoms with Crippen LogP contribution in [0.5, 0.6) is 0 Å². The van der Waals surface area contributed by atoms with E-state index < -0.39 is 5.91 Å². The first kappa shape index (κ1) is 13.9. The van der Waals surface area contributed by atoms with Gasteiger partial charge in [-0.3, -0.25) is 15.1 Å². The number of hydrogen-bond donors (Lipinski definition) is 3. The first-order valence-electron chi connectivity index (χ1n) is 6.10. The third kappa shape index (κ3) is 3.33. The lowest BCUT2D eigenvalue weighted by Crippen LogP contribution is -2.15. The molecule has 3 aromatic rings. The largest absolute Gasteiger partial charge is 0.339 e. The monoisotopic (exact) mass is 316 g/mol. The van der Waals surface area contributed by atoms with E-state index in [2.05, 4.69) is 41.2 Å². The Hall–Kier alpha value is -3.07. The highest BCUT2D eigenvalue weighted by molar-refractivity contribution is 6.30. The minimum Gasteiger partial charge on any atom is -0.339 e. The number of amides is 1. The van der Waals surface area contributed by atoms with Crippen molar-refractivity contribution in [1.82, 2.24) is 30.6 Å². The Morgan fingerprint density at radius 1 is 1.27 bits per heavy atom. The van der Waals surface area contributed by atoms with Gasteiger partial charge in [-0.25, -0.2) is 4.98 Å². The summed E-state index contributed by atoms with van der Waals surface area (Å²) < 4.78 is 0. The van der Waals surface area contributed by atoms with Gasteiger partial charge >= 0.3 is 0 Å². The molecule has 1 amide bonds. The zero-order chi connectivity index (χ0) is 15.4. The number of tetrazole rings is 1. The van der Waals surface area contributed by atoms with Gasteiger partial charge in [-0.15, -0.1) is 5.10 Å². The highest BCUT2D eigenvalue weighted by atomic mass is 35.5. The van der Waals surface area contributed by atoms with E-state index in [1.807, 2.05) is 6.07 Å². The molecule has 1 aromatic carbocycles. The van der Waals surface area contributed by atoms with Crippen LogP contribution in [0, 0.1) is 0 Å². The Bertz CT molecular complexity index is 791. The smallest absolute Gasteiger partial charge is 0.278 e. The van der Waals surface area contributed by atoms with E-state index in [-0.39, 0.29) is 11.6 Å². The van der Waals surface area contributed by atoms with Crippen LogP contribution < -0.4 is 10.6 Å². The Kier molecular flexibility index (Phi) is 3.88. The van der Waals surface area contributed by atoms with E-state index in [0.717, 1.165) is 5.69 Å². The summed E-state index contributed by atoms with van der Waals surface area (Å²) in [5.41, 5.74) is 0.842. The molecule has 0 atom stereocenters. The molecule has 110 valence electrons. The topological polar surface area (TPSA) is 121 Å². The van der Waals surface area contributed by atoms with Crippen molar-refractivity contribution in [3.63, 3.8) is 0 Å². The standard InChI is InChI=1S/C12H9ClN8O/c13-7-2-1-3-8(4-7)15-10-6-14-5-9(16-10)11(22)17-12-18-20-21-19-12/h1-6H,(H,15,16)(H2,17,18,19,20,21,22). The molecule has 0 bridgehead atoms. The van der Waals surface area contributed by atoms with Crippen LogP contribution in [-0.2, 0) is 0 Å². The number of nitrogens with one attached hydrogen (secondary N) is 3. The molecule has 0 radical (unpaired) electrons. The Balaban J connectivity index is 1.76. The Morgan fingerprint density at radius 3 is 2.95 bits per heavy atom. The average Bonchev–Trinajstić information content (AvgIpc) is 3.00. The van der Waals surface area contributed by atoms with Crippen molar-refractivity contribution in [1.29, 1.82) is 0 Å². The predicted molar refractivity (Wildman–Crippen MR) is 78.9 cm³/mol. The number of hydrogen-bond acceptors (Lipinski definition) is 7. The molecule has 22 heavy (non-hydrogen) atoms. The van der Waals surface area contributed by atoms with Gasteiger partial charge in [0.15, 0.2) is 0 Å². The Labute approximate surface area is 129 Å². The van der Waals surface area contributed by atoms with E-state index >= 15 is 0 Å². The molecule has 0 saturated heterocycles. The summed E-state index contributed by atoms with van der Waals surface area (Å²) in [6, 6.07) is 7.10. The van der Waals surface area contributed by atoms with Crippen LogP contribution in [0.1, 0.15) is 10.5 Å². The summed E-state index contributed by atoms with van der Waals surface area (Å²) in [5.74, 6) is -0.0355. The highest BCUT2D eigenvalue weighted by Crippen LogP contribution is 2.18. The van der Waals surface area contributed by atoms with Gasteiger partial charge in [0, 0.05) is 10.7 Å². The molecule has 10 heteroatoms. The SMILES string of the molecule is O=C(Nc1nn[nH]n1)c1cncc(Nc2cccc(Cl)c2)n1. The minimum absolute atomic E-state index is 0.0556. The number of aromatic amines is 1. The molecule has 3 N–H and O–H groups in total. The second-order valence-electron chi connectivity index (χ2n) is 4.11. The first-order chi connectivity index (χ1) is 10.7. The lowest BCUT2D eigenvalue weighted by molar-refractivity contribution is 0.102. The lowest BCUT2D eigenvalue weighted by atomic mass is 10.3. The van der Waals surface area contributed by atoms with Gasteiger partial charge in [-0.2, -0.15) is 5.21 Å². The lowest BCUT2D eigenvalue weighted by Gasteiger charge is -2.06. The normalized spacial score (nSPS) is 10.2. The van der Waals surface area contributed by atoms with Crippen LogP contribution in [0.4, 0.5) is 17.5 Å². The van der Waals surface area contributed by atoms with Crippen molar-refractivity contribution in [3.05, 3.63) is 47.4 Å². The predicted octanol–water partition coefficient (Wildman–Crippen LogP) is 1.64. The number of anilines is 3. The van der Waals surface area contributed by atoms with E-state index in [1.165, 1.54) is 12.4 Å². The molecule has 0 saturated carbocycles. The molecule has 2 heterocycles. The third-order valence-corrected chi connectivity index (χ3v) is 2.77. The fraction of sp³-hybridized carbons (Fsp3) is 0. The maximum atomic E-state index is 12.0. The van der Waals surface area contributed by atoms with E-state index in [0.29, 0.717) is 10.8 Å². The number of halogens is 1. The zero-order valence-electron chi connectivity index (χ0n) is 11.0. The summed E-state index contributed by atoms with van der Waals surface area (Å²) in [7, 11) is 0. The molecule has 3 rings (SSSR count). The van der Waals surface area contributed by atoms with Gasteiger partial charge in [-0.1, -0.05) is 22.8 Å². The van der Waals surface area contributed by atoms with Gasteiger partial charge in [0.1, 0.15) is 11.5 Å². The van der Waals surface area contributed by atoms with Crippen LogP contribution >= 0.6 is 11.6 Å². The quantitative estimate of drug-likeness (QED) is 0.668. The van der Waals surface area contributed by atoms with Crippen molar-refractivity contribution in [2.45, 2.75) is 0 Å². The fourth-order valence-electron chi connectivity index (χ4n) is 1.63. The van der Waals surface area contributed by atoms with E-state index in [1.54, 1.807) is 18.2 Å². The van der Waals surface area contributed by atoms with Crippen molar-refractivity contribution >= 4 is 35.0 Å². The fourth-order valence-corrected chi connectivity index (χ4v) is 1.82. The summed E-state index contributed by atoms with van der Waals surface area (Å²) in [4.78, 5) is 20.1. The molecule has 0 spiro atoms. The second-order valence-corrected chi connectivity index (χ2v) is 4.55. The summed E-state index contributed by atoms with van der Waals surface area (Å²) in [6.45, 7) is 0. The van der Waals surface area contributed by atoms with Gasteiger partial charge in [-0.05, 0) is 23.4 Å². The molecular weight excluding hydrogens is 308 g/mol. The van der Waals surface area contributed by atoms with Crippen LogP contribution in [0.3, 0.4) is 0 Å². The summed E-state index contributed by atoms with van der Waals surface area (Å²) in [6.07, 6.45) is 2.82. The highest BCUT2D eigenvalue weighted by Gasteiger charge is 2.11. The Morgan fingerprint density at radius 2 is 2.18 bits per heavy atom. The van der Waals surface area contributed by atoms with E-state index in [9.17, 15) is 4.79 Å². The molecular formula is C12H9ClN8O. The molecule has 0 aliphatic heterocycles. The van der Waals surface area contributed by atoms with Crippen LogP contribution in [0.2, 0.25) is 5.02 Å². The number of nitrogens with zero attached hydrogens (tertiary/aromatic N) is 5. The number of H-pyrrole nitrogens is 1. The van der Waals surface area contributed by atoms with Gasteiger partial charge in [0.05, 0.1) is 12.4 Å². The van der Waals surface area contributed by atoms with Gasteiger partial charge in [0.2, 0.25) is 0 Å². The molecule has 2 aromatic heterocycles. The maximum Gasteiger partial charge on any atom is 0.278 e. The van der Waals surface area contributed by atoms with Crippen molar-refractivity contribution in [3.8, 4) is 0 Å². The van der Waals surface area contributed by atoms with Crippen molar-refractivity contribution in [2.24, 2.45) is 0 Å².